The molecule has 0 fully saturated rings. The summed E-state index contributed by atoms with van der Waals surface area (Å²) in [6.45, 7) is 0.888. The van der Waals surface area contributed by atoms with Gasteiger partial charge in [-0.2, -0.15) is 0 Å². The van der Waals surface area contributed by atoms with Crippen LogP contribution in [0.5, 0.6) is 11.5 Å². The summed E-state index contributed by atoms with van der Waals surface area (Å²) >= 11 is 3.06. The standard InChI is InChI=1S/C8H7BrFNO2/c9-6-7(10)4(11)3-5-8(6)13-2-1-12-5/h3H,1-2,11H2. The molecule has 0 spiro atoms. The normalized spacial score (nSPS) is 14.3. The monoisotopic (exact) mass is 247 g/mol. The molecule has 0 bridgehead atoms. The number of benzene rings is 1. The summed E-state index contributed by atoms with van der Waals surface area (Å²) in [6, 6.07) is 1.43. The zero-order valence-electron chi connectivity index (χ0n) is 6.64. The first-order valence-electron chi connectivity index (χ1n) is 3.73. The third-order valence-electron chi connectivity index (χ3n) is 1.74. The minimum Gasteiger partial charge on any atom is -0.486 e. The quantitative estimate of drug-likeness (QED) is 0.713. The van der Waals surface area contributed by atoms with Crippen LogP contribution in [0.2, 0.25) is 0 Å². The average Bonchev–Trinajstić information content (AvgIpc) is 2.15. The maximum absolute atomic E-state index is 13.2. The van der Waals surface area contributed by atoms with E-state index in [-0.39, 0.29) is 10.2 Å². The number of anilines is 1. The largest absolute Gasteiger partial charge is 0.486 e. The van der Waals surface area contributed by atoms with Crippen molar-refractivity contribution >= 4 is 21.6 Å². The van der Waals surface area contributed by atoms with E-state index >= 15 is 0 Å². The molecule has 0 aromatic heterocycles. The van der Waals surface area contributed by atoms with Gasteiger partial charge in [-0.25, -0.2) is 4.39 Å². The first kappa shape index (κ1) is 8.62. The van der Waals surface area contributed by atoms with Gasteiger partial charge in [-0.15, -0.1) is 0 Å². The molecule has 1 aromatic rings. The third kappa shape index (κ3) is 1.33. The summed E-state index contributed by atoms with van der Waals surface area (Å²) < 4.78 is 23.9. The maximum atomic E-state index is 13.2. The summed E-state index contributed by atoms with van der Waals surface area (Å²) in [4.78, 5) is 0. The van der Waals surface area contributed by atoms with Gasteiger partial charge < -0.3 is 15.2 Å². The molecule has 1 aliphatic heterocycles. The molecule has 0 unspecified atom stereocenters. The van der Waals surface area contributed by atoms with Crippen molar-refractivity contribution in [1.29, 1.82) is 0 Å². The zero-order valence-corrected chi connectivity index (χ0v) is 8.23. The van der Waals surface area contributed by atoms with Gasteiger partial charge in [-0.1, -0.05) is 0 Å². The van der Waals surface area contributed by atoms with Crippen LogP contribution in [0.4, 0.5) is 10.1 Å². The van der Waals surface area contributed by atoms with Gasteiger partial charge in [0.2, 0.25) is 0 Å². The van der Waals surface area contributed by atoms with Crippen molar-refractivity contribution in [2.75, 3.05) is 18.9 Å². The van der Waals surface area contributed by atoms with Crippen LogP contribution in [0.3, 0.4) is 0 Å². The molecule has 0 saturated heterocycles. The van der Waals surface area contributed by atoms with Crippen molar-refractivity contribution < 1.29 is 13.9 Å². The van der Waals surface area contributed by atoms with Crippen LogP contribution >= 0.6 is 15.9 Å². The number of nitrogen functional groups attached to an aromatic ring is 1. The molecule has 0 aliphatic carbocycles. The lowest BCUT2D eigenvalue weighted by Gasteiger charge is -2.20. The number of halogens is 2. The number of ether oxygens (including phenoxy) is 2. The van der Waals surface area contributed by atoms with Crippen molar-refractivity contribution in [3.05, 3.63) is 16.4 Å². The molecule has 1 aromatic carbocycles. The summed E-state index contributed by atoms with van der Waals surface area (Å²) in [5.41, 5.74) is 5.46. The maximum Gasteiger partial charge on any atom is 0.178 e. The van der Waals surface area contributed by atoms with Crippen LogP contribution in [0.15, 0.2) is 10.5 Å². The molecule has 1 heterocycles. The molecule has 3 nitrogen and oxygen atoms in total. The minimum atomic E-state index is -0.510. The number of hydrogen-bond acceptors (Lipinski definition) is 3. The topological polar surface area (TPSA) is 44.5 Å². The predicted octanol–water partition coefficient (Wildman–Crippen LogP) is 1.94. The lowest BCUT2D eigenvalue weighted by Crippen LogP contribution is -2.16. The molecule has 1 aliphatic rings. The Morgan fingerprint density at radius 3 is 2.85 bits per heavy atom. The van der Waals surface area contributed by atoms with Crippen LogP contribution in [0, 0.1) is 5.82 Å². The molecule has 0 radical (unpaired) electrons. The molecule has 5 heteroatoms. The van der Waals surface area contributed by atoms with Crippen molar-refractivity contribution in [2.24, 2.45) is 0 Å². The van der Waals surface area contributed by atoms with E-state index < -0.39 is 5.82 Å². The zero-order chi connectivity index (χ0) is 9.42. The Morgan fingerprint density at radius 2 is 2.08 bits per heavy atom. The van der Waals surface area contributed by atoms with Crippen LogP contribution in [-0.4, -0.2) is 13.2 Å². The molecule has 0 amide bonds. The Balaban J connectivity index is 2.60. The summed E-state index contributed by atoms with van der Waals surface area (Å²) in [5.74, 6) is 0.360. The van der Waals surface area contributed by atoms with Crippen LogP contribution in [0.1, 0.15) is 0 Å². The molecule has 70 valence electrons. The Hall–Kier alpha value is -0.970. The third-order valence-corrected chi connectivity index (χ3v) is 2.45. The van der Waals surface area contributed by atoms with Crippen LogP contribution in [0.25, 0.3) is 0 Å². The number of rotatable bonds is 0. The van der Waals surface area contributed by atoms with E-state index in [9.17, 15) is 4.39 Å². The van der Waals surface area contributed by atoms with Gasteiger partial charge in [0.05, 0.1) is 5.69 Å². The lowest BCUT2D eigenvalue weighted by molar-refractivity contribution is 0.169. The fourth-order valence-electron chi connectivity index (χ4n) is 1.14. The highest BCUT2D eigenvalue weighted by molar-refractivity contribution is 9.10. The Labute approximate surface area is 82.8 Å². The van der Waals surface area contributed by atoms with Gasteiger partial charge in [-0.3, -0.25) is 0 Å². The number of nitrogens with two attached hydrogens (primary N) is 1. The second kappa shape index (κ2) is 3.06. The second-order valence-corrected chi connectivity index (χ2v) is 3.41. The smallest absolute Gasteiger partial charge is 0.178 e. The number of fused-ring (bicyclic) bond motifs is 1. The second-order valence-electron chi connectivity index (χ2n) is 2.62. The SMILES string of the molecule is Nc1cc2c(c(Br)c1F)OCCO2. The molecule has 13 heavy (non-hydrogen) atoms. The van der Waals surface area contributed by atoms with Crippen molar-refractivity contribution in [3.63, 3.8) is 0 Å². The first-order chi connectivity index (χ1) is 6.20. The highest BCUT2D eigenvalue weighted by atomic mass is 79.9. The Bertz CT molecular complexity index is 356. The van der Waals surface area contributed by atoms with Gasteiger partial charge in [0.15, 0.2) is 17.3 Å². The average molecular weight is 248 g/mol. The summed E-state index contributed by atoms with van der Waals surface area (Å²) in [7, 11) is 0. The number of hydrogen-bond donors (Lipinski definition) is 1. The van der Waals surface area contributed by atoms with Crippen molar-refractivity contribution in [3.8, 4) is 11.5 Å². The molecule has 2 rings (SSSR count). The fourth-order valence-corrected chi connectivity index (χ4v) is 1.68. The fraction of sp³-hybridized carbons (Fsp3) is 0.250. The van der Waals surface area contributed by atoms with Crippen molar-refractivity contribution in [1.82, 2.24) is 0 Å². The molecule has 0 saturated carbocycles. The predicted molar refractivity (Wildman–Crippen MR) is 49.5 cm³/mol. The van der Waals surface area contributed by atoms with E-state index in [0.29, 0.717) is 24.7 Å². The molecular formula is C8H7BrFNO2. The Kier molecular flexibility index (Phi) is 2.03. The van der Waals surface area contributed by atoms with Gasteiger partial charge in [0.1, 0.15) is 17.7 Å². The lowest BCUT2D eigenvalue weighted by atomic mass is 10.2. The highest BCUT2D eigenvalue weighted by Gasteiger charge is 2.20. The van der Waals surface area contributed by atoms with Crippen LogP contribution < -0.4 is 15.2 Å². The van der Waals surface area contributed by atoms with Gasteiger partial charge >= 0.3 is 0 Å². The van der Waals surface area contributed by atoms with Gasteiger partial charge in [0.25, 0.3) is 0 Å². The minimum absolute atomic E-state index is 0.0520. The van der Waals surface area contributed by atoms with E-state index in [4.69, 9.17) is 15.2 Å². The first-order valence-corrected chi connectivity index (χ1v) is 4.52. The van der Waals surface area contributed by atoms with E-state index in [2.05, 4.69) is 15.9 Å². The molecule has 2 N–H and O–H groups in total. The Morgan fingerprint density at radius 1 is 1.38 bits per heavy atom. The van der Waals surface area contributed by atoms with E-state index in [1.165, 1.54) is 6.07 Å². The van der Waals surface area contributed by atoms with Crippen LogP contribution in [-0.2, 0) is 0 Å². The van der Waals surface area contributed by atoms with Gasteiger partial charge in [0, 0.05) is 6.07 Å². The van der Waals surface area contributed by atoms with E-state index in [1.54, 1.807) is 0 Å². The van der Waals surface area contributed by atoms with Gasteiger partial charge in [-0.05, 0) is 15.9 Å². The summed E-state index contributed by atoms with van der Waals surface area (Å²) in [6.07, 6.45) is 0. The highest BCUT2D eigenvalue weighted by Crippen LogP contribution is 2.41. The van der Waals surface area contributed by atoms with E-state index in [1.807, 2.05) is 0 Å². The van der Waals surface area contributed by atoms with Crippen molar-refractivity contribution in [2.45, 2.75) is 0 Å². The van der Waals surface area contributed by atoms with E-state index in [0.717, 1.165) is 0 Å². The summed E-state index contributed by atoms with van der Waals surface area (Å²) in [5, 5.41) is 0. The molecular weight excluding hydrogens is 241 g/mol. The molecule has 0 atom stereocenters.